The van der Waals surface area contributed by atoms with Gasteiger partial charge in [0.2, 0.25) is 0 Å². The molecule has 3 aromatic rings. The van der Waals surface area contributed by atoms with Crippen LogP contribution in [0.3, 0.4) is 0 Å². The lowest BCUT2D eigenvalue weighted by Crippen LogP contribution is -2.33. The molecule has 0 unspecified atom stereocenters. The van der Waals surface area contributed by atoms with Crippen molar-refractivity contribution in [1.82, 2.24) is 14.9 Å². The first-order valence-corrected chi connectivity index (χ1v) is 7.33. The summed E-state index contributed by atoms with van der Waals surface area (Å²) in [7, 11) is 1.97. The van der Waals surface area contributed by atoms with Crippen molar-refractivity contribution in [2.45, 2.75) is 19.9 Å². The van der Waals surface area contributed by atoms with Crippen LogP contribution in [0.5, 0.6) is 0 Å². The molecule has 0 aliphatic heterocycles. The van der Waals surface area contributed by atoms with Gasteiger partial charge in [-0.2, -0.15) is 0 Å². The zero-order valence-electron chi connectivity index (χ0n) is 12.9. The summed E-state index contributed by atoms with van der Waals surface area (Å²) in [5, 5.41) is 3.02. The van der Waals surface area contributed by atoms with Gasteiger partial charge in [-0.25, -0.2) is 4.98 Å². The number of carbonyl (C=O) groups excluding carboxylic acids is 1. The number of nitrogens with one attached hydrogen (secondary N) is 1. The number of aromatic nitrogens is 2. The van der Waals surface area contributed by atoms with Crippen LogP contribution in [-0.2, 0) is 7.05 Å². The van der Waals surface area contributed by atoms with E-state index in [1.54, 1.807) is 12.1 Å². The quantitative estimate of drug-likeness (QED) is 0.804. The van der Waals surface area contributed by atoms with Crippen LogP contribution >= 0.6 is 0 Å². The molecule has 0 aliphatic rings. The van der Waals surface area contributed by atoms with Crippen LogP contribution in [0.15, 0.2) is 47.1 Å². The standard InChI is InChI=1S/C17H19N3O2/c1-11(2)15(19-17(21)14-9-6-10-22-14)16-18-12-7-4-5-8-13(12)20(16)3/h4-11,15H,1-3H3,(H,19,21)/t15-/m0/s1. The van der Waals surface area contributed by atoms with Crippen LogP contribution in [0.2, 0.25) is 0 Å². The Hall–Kier alpha value is -2.56. The fourth-order valence-corrected chi connectivity index (χ4v) is 2.59. The summed E-state index contributed by atoms with van der Waals surface area (Å²) in [4.78, 5) is 17.0. The second-order valence-corrected chi connectivity index (χ2v) is 5.69. The summed E-state index contributed by atoms with van der Waals surface area (Å²) < 4.78 is 7.19. The van der Waals surface area contributed by atoms with Crippen LogP contribution in [0, 0.1) is 5.92 Å². The highest BCUT2D eigenvalue weighted by molar-refractivity contribution is 5.91. The number of para-hydroxylation sites is 2. The highest BCUT2D eigenvalue weighted by Gasteiger charge is 2.25. The minimum Gasteiger partial charge on any atom is -0.459 e. The van der Waals surface area contributed by atoms with E-state index in [-0.39, 0.29) is 17.9 Å². The van der Waals surface area contributed by atoms with E-state index in [1.807, 2.05) is 35.9 Å². The maximum absolute atomic E-state index is 12.3. The molecule has 1 aromatic carbocycles. The fraction of sp³-hybridized carbons (Fsp3) is 0.294. The van der Waals surface area contributed by atoms with E-state index < -0.39 is 0 Å². The van der Waals surface area contributed by atoms with Crippen molar-refractivity contribution >= 4 is 16.9 Å². The Morgan fingerprint density at radius 3 is 2.64 bits per heavy atom. The molecule has 22 heavy (non-hydrogen) atoms. The van der Waals surface area contributed by atoms with Crippen molar-refractivity contribution < 1.29 is 9.21 Å². The van der Waals surface area contributed by atoms with Gasteiger partial charge in [-0.1, -0.05) is 26.0 Å². The molecule has 0 aliphatic carbocycles. The maximum atomic E-state index is 12.3. The van der Waals surface area contributed by atoms with Crippen LogP contribution in [0.25, 0.3) is 11.0 Å². The molecule has 3 rings (SSSR count). The Labute approximate surface area is 129 Å². The minimum absolute atomic E-state index is 0.185. The summed E-state index contributed by atoms with van der Waals surface area (Å²) in [6, 6.07) is 11.1. The van der Waals surface area contributed by atoms with Crippen LogP contribution in [0.4, 0.5) is 0 Å². The minimum atomic E-state index is -0.226. The number of imidazole rings is 1. The van der Waals surface area contributed by atoms with E-state index in [4.69, 9.17) is 4.42 Å². The Morgan fingerprint density at radius 1 is 1.23 bits per heavy atom. The molecule has 0 saturated carbocycles. The number of furan rings is 1. The first kappa shape index (κ1) is 14.4. The first-order valence-electron chi connectivity index (χ1n) is 7.33. The van der Waals surface area contributed by atoms with E-state index in [9.17, 15) is 4.79 Å². The molecular formula is C17H19N3O2. The Balaban J connectivity index is 1.96. The van der Waals surface area contributed by atoms with Crippen LogP contribution < -0.4 is 5.32 Å². The number of rotatable bonds is 4. The van der Waals surface area contributed by atoms with E-state index in [0.29, 0.717) is 5.76 Å². The first-order chi connectivity index (χ1) is 10.6. The van der Waals surface area contributed by atoms with Gasteiger partial charge in [0, 0.05) is 7.05 Å². The van der Waals surface area contributed by atoms with Gasteiger partial charge in [-0.05, 0) is 30.2 Å². The molecule has 0 bridgehead atoms. The number of hydrogen-bond donors (Lipinski definition) is 1. The number of amides is 1. The monoisotopic (exact) mass is 297 g/mol. The van der Waals surface area contributed by atoms with Crippen molar-refractivity contribution in [3.63, 3.8) is 0 Å². The summed E-state index contributed by atoms with van der Waals surface area (Å²) in [5.74, 6) is 1.13. The number of benzene rings is 1. The van der Waals surface area contributed by atoms with E-state index in [0.717, 1.165) is 16.9 Å². The third kappa shape index (κ3) is 2.50. The predicted octanol–water partition coefficient (Wildman–Crippen LogP) is 3.29. The number of fused-ring (bicyclic) bond motifs is 1. The lowest BCUT2D eigenvalue weighted by Gasteiger charge is -2.21. The van der Waals surface area contributed by atoms with Gasteiger partial charge >= 0.3 is 0 Å². The molecule has 2 heterocycles. The van der Waals surface area contributed by atoms with Gasteiger partial charge in [0.1, 0.15) is 5.82 Å². The van der Waals surface area contributed by atoms with Crippen molar-refractivity contribution in [3.8, 4) is 0 Å². The second kappa shape index (κ2) is 5.67. The zero-order chi connectivity index (χ0) is 15.7. The Kier molecular flexibility index (Phi) is 3.71. The zero-order valence-corrected chi connectivity index (χ0v) is 12.9. The summed E-state index contributed by atoms with van der Waals surface area (Å²) >= 11 is 0. The van der Waals surface area contributed by atoms with Gasteiger partial charge in [0.05, 0.1) is 23.3 Å². The normalized spacial score (nSPS) is 12.7. The number of hydrogen-bond acceptors (Lipinski definition) is 3. The average Bonchev–Trinajstić information content (AvgIpc) is 3.13. The molecule has 114 valence electrons. The molecule has 0 fully saturated rings. The molecule has 1 N–H and O–H groups in total. The van der Waals surface area contributed by atoms with Crippen molar-refractivity contribution in [1.29, 1.82) is 0 Å². The smallest absolute Gasteiger partial charge is 0.287 e. The number of carbonyl (C=O) groups is 1. The maximum Gasteiger partial charge on any atom is 0.287 e. The Morgan fingerprint density at radius 2 is 2.00 bits per heavy atom. The van der Waals surface area contributed by atoms with Gasteiger partial charge in [0.15, 0.2) is 5.76 Å². The lowest BCUT2D eigenvalue weighted by atomic mass is 10.0. The number of nitrogens with zero attached hydrogens (tertiary/aromatic N) is 2. The summed E-state index contributed by atoms with van der Waals surface area (Å²) in [5.41, 5.74) is 1.98. The molecule has 5 nitrogen and oxygen atoms in total. The van der Waals surface area contributed by atoms with Crippen molar-refractivity contribution in [3.05, 3.63) is 54.2 Å². The summed E-state index contributed by atoms with van der Waals surface area (Å²) in [6.45, 7) is 4.12. The largest absolute Gasteiger partial charge is 0.459 e. The van der Waals surface area contributed by atoms with E-state index >= 15 is 0 Å². The Bertz CT molecular complexity index is 787. The summed E-state index contributed by atoms with van der Waals surface area (Å²) in [6.07, 6.45) is 1.49. The van der Waals surface area contributed by atoms with E-state index in [1.165, 1.54) is 6.26 Å². The third-order valence-electron chi connectivity index (χ3n) is 3.80. The third-order valence-corrected chi connectivity index (χ3v) is 3.80. The van der Waals surface area contributed by atoms with Gasteiger partial charge < -0.3 is 14.3 Å². The van der Waals surface area contributed by atoms with Gasteiger partial charge in [-0.3, -0.25) is 4.79 Å². The molecule has 1 amide bonds. The van der Waals surface area contributed by atoms with E-state index in [2.05, 4.69) is 24.1 Å². The SMILES string of the molecule is CC(C)[C@H](NC(=O)c1ccco1)c1nc2ccccc2n1C. The van der Waals surface area contributed by atoms with Crippen LogP contribution in [0.1, 0.15) is 36.3 Å². The molecule has 0 spiro atoms. The highest BCUT2D eigenvalue weighted by atomic mass is 16.3. The molecular weight excluding hydrogens is 278 g/mol. The van der Waals surface area contributed by atoms with Crippen molar-refractivity contribution in [2.24, 2.45) is 13.0 Å². The van der Waals surface area contributed by atoms with Gasteiger partial charge in [-0.15, -0.1) is 0 Å². The van der Waals surface area contributed by atoms with Crippen molar-refractivity contribution in [2.75, 3.05) is 0 Å². The lowest BCUT2D eigenvalue weighted by molar-refractivity contribution is 0.0894. The van der Waals surface area contributed by atoms with Crippen LogP contribution in [-0.4, -0.2) is 15.5 Å². The second-order valence-electron chi connectivity index (χ2n) is 5.69. The van der Waals surface area contributed by atoms with Gasteiger partial charge in [0.25, 0.3) is 5.91 Å². The molecule has 0 radical (unpaired) electrons. The highest BCUT2D eigenvalue weighted by Crippen LogP contribution is 2.25. The molecule has 5 heteroatoms. The fourth-order valence-electron chi connectivity index (χ4n) is 2.59. The topological polar surface area (TPSA) is 60.1 Å². The molecule has 0 saturated heterocycles. The predicted molar refractivity (Wildman–Crippen MR) is 84.5 cm³/mol. The average molecular weight is 297 g/mol. The molecule has 2 aromatic heterocycles. The number of aryl methyl sites for hydroxylation is 1. The molecule has 1 atom stereocenters.